The molecule has 0 aliphatic carbocycles. The molecule has 1 amide bonds. The number of anilines is 2. The predicted octanol–water partition coefficient (Wildman–Crippen LogP) is 3.18. The van der Waals surface area contributed by atoms with Crippen molar-refractivity contribution in [3.05, 3.63) is 46.1 Å². The Labute approximate surface area is 156 Å². The van der Waals surface area contributed by atoms with Crippen LogP contribution in [0.1, 0.15) is 17.4 Å². The molecule has 3 rings (SSSR count). The van der Waals surface area contributed by atoms with Crippen LogP contribution in [0.2, 0.25) is 10.0 Å². The SMILES string of the molecule is CCN1CCN(c2ccc(C(=O)Nc3cc(Cl)cc(Cl)c3)nn2)CC1. The maximum Gasteiger partial charge on any atom is 0.276 e. The van der Waals surface area contributed by atoms with Gasteiger partial charge in [0.2, 0.25) is 0 Å². The first-order valence-electron chi connectivity index (χ1n) is 8.13. The minimum absolute atomic E-state index is 0.243. The average Bonchev–Trinajstić information content (AvgIpc) is 2.61. The van der Waals surface area contributed by atoms with Gasteiger partial charge in [0.15, 0.2) is 11.5 Å². The van der Waals surface area contributed by atoms with Crippen LogP contribution in [0.5, 0.6) is 0 Å². The van der Waals surface area contributed by atoms with E-state index in [1.807, 2.05) is 6.07 Å². The summed E-state index contributed by atoms with van der Waals surface area (Å²) in [5, 5.41) is 11.9. The molecule has 25 heavy (non-hydrogen) atoms. The Bertz CT molecular complexity index is 725. The number of carbonyl (C=O) groups excluding carboxylic acids is 1. The summed E-state index contributed by atoms with van der Waals surface area (Å²) < 4.78 is 0. The first-order chi connectivity index (χ1) is 12.0. The lowest BCUT2D eigenvalue weighted by Gasteiger charge is -2.34. The highest BCUT2D eigenvalue weighted by Crippen LogP contribution is 2.23. The van der Waals surface area contributed by atoms with Crippen LogP contribution in [0.3, 0.4) is 0 Å². The molecule has 1 fully saturated rings. The van der Waals surface area contributed by atoms with Crippen molar-refractivity contribution in [1.82, 2.24) is 15.1 Å². The second kappa shape index (κ2) is 7.99. The van der Waals surface area contributed by atoms with Crippen LogP contribution in [0.15, 0.2) is 30.3 Å². The standard InChI is InChI=1S/C17H19Cl2N5O/c1-2-23-5-7-24(8-6-23)16-4-3-15(21-22-16)17(25)20-14-10-12(18)9-13(19)11-14/h3-4,9-11H,2,5-8H2,1H3,(H,20,25). The van der Waals surface area contributed by atoms with E-state index in [4.69, 9.17) is 23.2 Å². The molecule has 0 spiro atoms. The van der Waals surface area contributed by atoms with E-state index in [2.05, 4.69) is 32.2 Å². The molecule has 6 nitrogen and oxygen atoms in total. The number of aromatic nitrogens is 2. The van der Waals surface area contributed by atoms with Gasteiger partial charge < -0.3 is 15.1 Å². The number of hydrogen-bond donors (Lipinski definition) is 1. The number of piperazine rings is 1. The number of carbonyl (C=O) groups is 1. The van der Waals surface area contributed by atoms with Gasteiger partial charge in [0.25, 0.3) is 5.91 Å². The van der Waals surface area contributed by atoms with Crippen molar-refractivity contribution in [3.8, 4) is 0 Å². The highest BCUT2D eigenvalue weighted by molar-refractivity contribution is 6.35. The largest absolute Gasteiger partial charge is 0.353 e. The number of likely N-dealkylation sites (N-methyl/N-ethyl adjacent to an activating group) is 1. The minimum Gasteiger partial charge on any atom is -0.353 e. The first-order valence-corrected chi connectivity index (χ1v) is 8.89. The molecule has 1 aromatic carbocycles. The molecule has 1 saturated heterocycles. The van der Waals surface area contributed by atoms with Crippen molar-refractivity contribution in [2.75, 3.05) is 42.9 Å². The van der Waals surface area contributed by atoms with Crippen LogP contribution < -0.4 is 10.2 Å². The molecule has 0 saturated carbocycles. The number of halogens is 2. The van der Waals surface area contributed by atoms with Crippen molar-refractivity contribution in [2.24, 2.45) is 0 Å². The van der Waals surface area contributed by atoms with Gasteiger partial charge in [0.1, 0.15) is 0 Å². The van der Waals surface area contributed by atoms with Gasteiger partial charge in [-0.25, -0.2) is 0 Å². The molecule has 2 heterocycles. The Balaban J connectivity index is 1.64. The second-order valence-corrected chi connectivity index (χ2v) is 6.68. The molecule has 0 bridgehead atoms. The summed E-state index contributed by atoms with van der Waals surface area (Å²) in [6, 6.07) is 8.36. The summed E-state index contributed by atoms with van der Waals surface area (Å²) in [5.41, 5.74) is 0.760. The number of amides is 1. The molecule has 132 valence electrons. The predicted molar refractivity (Wildman–Crippen MR) is 101 cm³/mol. The smallest absolute Gasteiger partial charge is 0.276 e. The van der Waals surface area contributed by atoms with Crippen LogP contribution in [-0.4, -0.2) is 53.7 Å². The van der Waals surface area contributed by atoms with Crippen molar-refractivity contribution < 1.29 is 4.79 Å². The van der Waals surface area contributed by atoms with E-state index in [9.17, 15) is 4.79 Å². The fourth-order valence-electron chi connectivity index (χ4n) is 2.73. The van der Waals surface area contributed by atoms with Crippen molar-refractivity contribution >= 4 is 40.6 Å². The lowest BCUT2D eigenvalue weighted by molar-refractivity contribution is 0.102. The highest BCUT2D eigenvalue weighted by Gasteiger charge is 2.18. The summed E-state index contributed by atoms with van der Waals surface area (Å²) in [6.07, 6.45) is 0. The number of benzene rings is 1. The molecule has 1 N–H and O–H groups in total. The molecule has 1 aromatic heterocycles. The third kappa shape index (κ3) is 4.60. The van der Waals surface area contributed by atoms with Gasteiger partial charge >= 0.3 is 0 Å². The molecule has 0 radical (unpaired) electrons. The Morgan fingerprint density at radius 3 is 2.32 bits per heavy atom. The highest BCUT2D eigenvalue weighted by atomic mass is 35.5. The van der Waals surface area contributed by atoms with E-state index in [0.717, 1.165) is 38.5 Å². The van der Waals surface area contributed by atoms with E-state index < -0.39 is 0 Å². The monoisotopic (exact) mass is 379 g/mol. The second-order valence-electron chi connectivity index (χ2n) is 5.81. The van der Waals surface area contributed by atoms with Crippen LogP contribution in [-0.2, 0) is 0 Å². The molecule has 8 heteroatoms. The van der Waals surface area contributed by atoms with E-state index in [1.54, 1.807) is 24.3 Å². The maximum absolute atomic E-state index is 12.3. The molecule has 1 aliphatic heterocycles. The van der Waals surface area contributed by atoms with Crippen molar-refractivity contribution in [2.45, 2.75) is 6.92 Å². The van der Waals surface area contributed by atoms with Gasteiger partial charge in [-0.3, -0.25) is 4.79 Å². The molecular weight excluding hydrogens is 361 g/mol. The molecule has 0 unspecified atom stereocenters. The lowest BCUT2D eigenvalue weighted by Crippen LogP contribution is -2.46. The van der Waals surface area contributed by atoms with E-state index in [-0.39, 0.29) is 11.6 Å². The Morgan fingerprint density at radius 2 is 1.76 bits per heavy atom. The van der Waals surface area contributed by atoms with Crippen LogP contribution >= 0.6 is 23.2 Å². The van der Waals surface area contributed by atoms with Crippen molar-refractivity contribution in [3.63, 3.8) is 0 Å². The maximum atomic E-state index is 12.3. The lowest BCUT2D eigenvalue weighted by atomic mass is 10.3. The number of hydrogen-bond acceptors (Lipinski definition) is 5. The van der Waals surface area contributed by atoms with Crippen molar-refractivity contribution in [1.29, 1.82) is 0 Å². The van der Waals surface area contributed by atoms with Gasteiger partial charge in [-0.2, -0.15) is 0 Å². The average molecular weight is 380 g/mol. The summed E-state index contributed by atoms with van der Waals surface area (Å²) in [4.78, 5) is 16.9. The molecule has 0 atom stereocenters. The van der Waals surface area contributed by atoms with Crippen LogP contribution in [0.4, 0.5) is 11.5 Å². The Morgan fingerprint density at radius 1 is 1.08 bits per heavy atom. The zero-order valence-corrected chi connectivity index (χ0v) is 15.4. The van der Waals surface area contributed by atoms with Gasteiger partial charge in [-0.1, -0.05) is 30.1 Å². The fraction of sp³-hybridized carbons (Fsp3) is 0.353. The summed E-state index contributed by atoms with van der Waals surface area (Å²) in [6.45, 7) is 7.07. The van der Waals surface area contributed by atoms with Gasteiger partial charge in [0, 0.05) is 41.9 Å². The molecule has 2 aromatic rings. The van der Waals surface area contributed by atoms with Gasteiger partial charge in [-0.05, 0) is 36.9 Å². The third-order valence-corrected chi connectivity index (χ3v) is 4.58. The van der Waals surface area contributed by atoms with Crippen LogP contribution in [0, 0.1) is 0 Å². The van der Waals surface area contributed by atoms with E-state index in [1.165, 1.54) is 0 Å². The summed E-state index contributed by atoms with van der Waals surface area (Å²) in [5.74, 6) is 0.436. The Kier molecular flexibility index (Phi) is 5.73. The van der Waals surface area contributed by atoms with Gasteiger partial charge in [0.05, 0.1) is 0 Å². The molecule has 1 aliphatic rings. The number of nitrogens with zero attached hydrogens (tertiary/aromatic N) is 4. The quantitative estimate of drug-likeness (QED) is 0.883. The molecular formula is C17H19Cl2N5O. The first kappa shape index (κ1) is 17.9. The normalized spacial score (nSPS) is 15.2. The Hall–Kier alpha value is -1.89. The minimum atomic E-state index is -0.354. The topological polar surface area (TPSA) is 61.4 Å². The van der Waals surface area contributed by atoms with Crippen LogP contribution in [0.25, 0.3) is 0 Å². The fourth-order valence-corrected chi connectivity index (χ4v) is 3.26. The van der Waals surface area contributed by atoms with Gasteiger partial charge in [-0.15, -0.1) is 10.2 Å². The third-order valence-electron chi connectivity index (χ3n) is 4.15. The summed E-state index contributed by atoms with van der Waals surface area (Å²) in [7, 11) is 0. The number of nitrogens with one attached hydrogen (secondary N) is 1. The zero-order valence-electron chi connectivity index (χ0n) is 13.9. The van der Waals surface area contributed by atoms with E-state index in [0.29, 0.717) is 15.7 Å². The summed E-state index contributed by atoms with van der Waals surface area (Å²) >= 11 is 11.9. The van der Waals surface area contributed by atoms with E-state index >= 15 is 0 Å². The number of rotatable bonds is 4. The zero-order chi connectivity index (χ0) is 17.8.